The predicted octanol–water partition coefficient (Wildman–Crippen LogP) is 1.96. The monoisotopic (exact) mass is 358 g/mol. The van der Waals surface area contributed by atoms with Gasteiger partial charge in [0.2, 0.25) is 0 Å². The molecule has 1 saturated carbocycles. The Hall–Kier alpha value is -2.57. The van der Waals surface area contributed by atoms with Gasteiger partial charge in [-0.15, -0.1) is 0 Å². The number of fused-ring (bicyclic) bond motifs is 2. The maximum Gasteiger partial charge on any atom is 0.328 e. The van der Waals surface area contributed by atoms with E-state index in [0.717, 1.165) is 25.7 Å². The molecule has 1 aromatic carbocycles. The molecule has 3 atom stereocenters. The molecule has 0 bridgehead atoms. The molecule has 7 nitrogen and oxygen atoms in total. The quantitative estimate of drug-likeness (QED) is 0.817. The van der Waals surface area contributed by atoms with E-state index in [9.17, 15) is 14.4 Å². The van der Waals surface area contributed by atoms with Crippen molar-refractivity contribution in [3.8, 4) is 5.75 Å². The van der Waals surface area contributed by atoms with Crippen molar-refractivity contribution in [3.05, 3.63) is 23.8 Å². The van der Waals surface area contributed by atoms with Gasteiger partial charge in [-0.25, -0.2) is 4.79 Å². The molecular weight excluding hydrogens is 336 g/mol. The van der Waals surface area contributed by atoms with Gasteiger partial charge in [0.05, 0.1) is 12.8 Å². The summed E-state index contributed by atoms with van der Waals surface area (Å²) < 4.78 is 10.3. The molecule has 1 saturated heterocycles. The number of carbonyl (C=O) groups is 3. The molecule has 26 heavy (non-hydrogen) atoms. The van der Waals surface area contributed by atoms with Gasteiger partial charge in [0, 0.05) is 11.6 Å². The van der Waals surface area contributed by atoms with Crippen LogP contribution < -0.4 is 10.1 Å². The van der Waals surface area contributed by atoms with Crippen LogP contribution in [0.5, 0.6) is 5.75 Å². The first-order valence-corrected chi connectivity index (χ1v) is 9.05. The summed E-state index contributed by atoms with van der Waals surface area (Å²) >= 11 is 0. The molecule has 0 radical (unpaired) electrons. The van der Waals surface area contributed by atoms with Crippen molar-refractivity contribution in [1.29, 1.82) is 0 Å². The van der Waals surface area contributed by atoms with Crippen molar-refractivity contribution in [2.75, 3.05) is 19.0 Å². The number of nitrogens with zero attached hydrogens (tertiary/aromatic N) is 1. The minimum atomic E-state index is -0.539. The highest BCUT2D eigenvalue weighted by Gasteiger charge is 2.48. The van der Waals surface area contributed by atoms with Crippen molar-refractivity contribution >= 4 is 23.5 Å². The fourth-order valence-corrected chi connectivity index (χ4v) is 4.46. The average Bonchev–Trinajstić information content (AvgIpc) is 3.05. The van der Waals surface area contributed by atoms with Crippen molar-refractivity contribution in [2.45, 2.75) is 44.2 Å². The standard InChI is InChI=1S/C19H22N2O5/c1-25-19(24)15-9-11-4-2-3-5-14(11)21(15)18(23)12-6-7-16-13(8-12)20-17(22)10-26-16/h6-8,11,14-15H,2-5,9-10H2,1H3,(H,20,22)/t11-,14-,15+/m1/s1. The van der Waals surface area contributed by atoms with E-state index in [4.69, 9.17) is 9.47 Å². The Morgan fingerprint density at radius 1 is 1.27 bits per heavy atom. The summed E-state index contributed by atoms with van der Waals surface area (Å²) in [5, 5.41) is 2.72. The Labute approximate surface area is 151 Å². The van der Waals surface area contributed by atoms with E-state index in [0.29, 0.717) is 29.3 Å². The molecule has 1 aromatic rings. The zero-order chi connectivity index (χ0) is 18.3. The van der Waals surface area contributed by atoms with Crippen LogP contribution in [0, 0.1) is 5.92 Å². The number of benzene rings is 1. The molecule has 7 heteroatoms. The van der Waals surface area contributed by atoms with Crippen LogP contribution in [0.15, 0.2) is 18.2 Å². The SMILES string of the molecule is COC(=O)[C@@H]1C[C@H]2CCCC[C@H]2N1C(=O)c1ccc2c(c1)NC(=O)CO2. The van der Waals surface area contributed by atoms with Crippen molar-refractivity contribution in [2.24, 2.45) is 5.92 Å². The Morgan fingerprint density at radius 3 is 2.88 bits per heavy atom. The zero-order valence-corrected chi connectivity index (χ0v) is 14.7. The lowest BCUT2D eigenvalue weighted by Crippen LogP contribution is -2.46. The third kappa shape index (κ3) is 2.81. The van der Waals surface area contributed by atoms with Gasteiger partial charge in [0.25, 0.3) is 11.8 Å². The van der Waals surface area contributed by atoms with Crippen LogP contribution in [0.25, 0.3) is 0 Å². The molecule has 4 rings (SSSR count). The molecule has 2 amide bonds. The van der Waals surface area contributed by atoms with Gasteiger partial charge in [0.1, 0.15) is 11.8 Å². The molecule has 1 N–H and O–H groups in total. The summed E-state index contributed by atoms with van der Waals surface area (Å²) in [6, 6.07) is 4.52. The lowest BCUT2D eigenvalue weighted by Gasteiger charge is -2.33. The highest BCUT2D eigenvalue weighted by Crippen LogP contribution is 2.41. The number of amides is 2. The number of esters is 1. The Morgan fingerprint density at radius 2 is 2.08 bits per heavy atom. The van der Waals surface area contributed by atoms with Crippen LogP contribution in [0.2, 0.25) is 0 Å². The Bertz CT molecular complexity index is 762. The van der Waals surface area contributed by atoms with E-state index in [1.165, 1.54) is 7.11 Å². The molecule has 1 aliphatic carbocycles. The summed E-state index contributed by atoms with van der Waals surface area (Å²) in [4.78, 5) is 38.8. The molecular formula is C19H22N2O5. The van der Waals surface area contributed by atoms with E-state index in [-0.39, 0.29) is 30.4 Å². The number of nitrogens with one attached hydrogen (secondary N) is 1. The number of hydrogen-bond donors (Lipinski definition) is 1. The highest BCUT2D eigenvalue weighted by atomic mass is 16.5. The van der Waals surface area contributed by atoms with Gasteiger partial charge < -0.3 is 19.7 Å². The van der Waals surface area contributed by atoms with E-state index >= 15 is 0 Å². The Balaban J connectivity index is 1.65. The van der Waals surface area contributed by atoms with Crippen LogP contribution in [0.4, 0.5) is 5.69 Å². The second-order valence-electron chi connectivity index (χ2n) is 7.15. The van der Waals surface area contributed by atoms with E-state index in [1.807, 2.05) is 0 Å². The molecule has 0 spiro atoms. The number of ether oxygens (including phenoxy) is 2. The fourth-order valence-electron chi connectivity index (χ4n) is 4.46. The molecule has 2 heterocycles. The highest BCUT2D eigenvalue weighted by molar-refractivity contribution is 6.01. The first kappa shape index (κ1) is 16.9. The minimum absolute atomic E-state index is 0.0272. The summed E-state index contributed by atoms with van der Waals surface area (Å²) in [6.07, 6.45) is 4.81. The molecule has 2 aliphatic heterocycles. The minimum Gasteiger partial charge on any atom is -0.482 e. The van der Waals surface area contributed by atoms with E-state index in [2.05, 4.69) is 5.32 Å². The second kappa shape index (κ2) is 6.63. The third-order valence-corrected chi connectivity index (χ3v) is 5.66. The molecule has 3 aliphatic rings. The number of rotatable bonds is 2. The fraction of sp³-hybridized carbons (Fsp3) is 0.526. The number of likely N-dealkylation sites (tertiary alicyclic amines) is 1. The van der Waals surface area contributed by atoms with Gasteiger partial charge in [-0.1, -0.05) is 12.8 Å². The molecule has 138 valence electrons. The third-order valence-electron chi connectivity index (χ3n) is 5.66. The number of carbonyl (C=O) groups excluding carboxylic acids is 3. The summed E-state index contributed by atoms with van der Waals surface area (Å²) in [5.41, 5.74) is 0.927. The topological polar surface area (TPSA) is 84.9 Å². The van der Waals surface area contributed by atoms with Crippen LogP contribution in [-0.4, -0.2) is 48.5 Å². The lowest BCUT2D eigenvalue weighted by atomic mass is 9.84. The van der Waals surface area contributed by atoms with Crippen molar-refractivity contribution in [1.82, 2.24) is 4.90 Å². The largest absolute Gasteiger partial charge is 0.482 e. The number of hydrogen-bond acceptors (Lipinski definition) is 5. The summed E-state index contributed by atoms with van der Waals surface area (Å²) in [7, 11) is 1.36. The van der Waals surface area contributed by atoms with Crippen LogP contribution in [0.1, 0.15) is 42.5 Å². The van der Waals surface area contributed by atoms with Gasteiger partial charge in [-0.3, -0.25) is 9.59 Å². The molecule has 0 unspecified atom stereocenters. The summed E-state index contributed by atoms with van der Waals surface area (Å²) in [5.74, 6) is 0.0860. The lowest BCUT2D eigenvalue weighted by molar-refractivity contribution is -0.145. The van der Waals surface area contributed by atoms with Gasteiger partial charge in [-0.2, -0.15) is 0 Å². The van der Waals surface area contributed by atoms with Crippen LogP contribution in [0.3, 0.4) is 0 Å². The van der Waals surface area contributed by atoms with Crippen molar-refractivity contribution in [3.63, 3.8) is 0 Å². The van der Waals surface area contributed by atoms with Crippen LogP contribution >= 0.6 is 0 Å². The van der Waals surface area contributed by atoms with E-state index in [1.54, 1.807) is 23.1 Å². The smallest absolute Gasteiger partial charge is 0.328 e. The first-order valence-electron chi connectivity index (χ1n) is 9.05. The van der Waals surface area contributed by atoms with Gasteiger partial charge in [0.15, 0.2) is 6.61 Å². The normalized spacial score (nSPS) is 27.0. The first-order chi connectivity index (χ1) is 12.6. The molecule has 2 fully saturated rings. The maximum atomic E-state index is 13.3. The second-order valence-corrected chi connectivity index (χ2v) is 7.15. The molecule has 0 aromatic heterocycles. The van der Waals surface area contributed by atoms with Crippen molar-refractivity contribution < 1.29 is 23.9 Å². The van der Waals surface area contributed by atoms with E-state index < -0.39 is 6.04 Å². The average molecular weight is 358 g/mol. The Kier molecular flexibility index (Phi) is 4.30. The summed E-state index contributed by atoms with van der Waals surface area (Å²) in [6.45, 7) is -0.0272. The van der Waals surface area contributed by atoms with Crippen LogP contribution in [-0.2, 0) is 14.3 Å². The van der Waals surface area contributed by atoms with Gasteiger partial charge >= 0.3 is 5.97 Å². The number of methoxy groups -OCH3 is 1. The predicted molar refractivity (Wildman–Crippen MR) is 92.9 cm³/mol. The maximum absolute atomic E-state index is 13.3. The van der Waals surface area contributed by atoms with Gasteiger partial charge in [-0.05, 0) is 43.4 Å². The zero-order valence-electron chi connectivity index (χ0n) is 14.7. The number of anilines is 1.